The van der Waals surface area contributed by atoms with Crippen LogP contribution in [0.25, 0.3) is 0 Å². The zero-order valence-corrected chi connectivity index (χ0v) is 11.6. The average molecular weight is 297 g/mol. The summed E-state index contributed by atoms with van der Waals surface area (Å²) in [5.41, 5.74) is 5.88. The third-order valence-electron chi connectivity index (χ3n) is 3.16. The smallest absolute Gasteiger partial charge is 0.352 e. The van der Waals surface area contributed by atoms with Gasteiger partial charge in [0, 0.05) is 5.75 Å². The van der Waals surface area contributed by atoms with Gasteiger partial charge in [0.2, 0.25) is 5.91 Å². The normalized spacial score (nSPS) is 26.5. The summed E-state index contributed by atoms with van der Waals surface area (Å²) in [7, 11) is 0. The molecule has 0 radical (unpaired) electrons. The number of carboxylic acid groups (broad SMARTS) is 1. The van der Waals surface area contributed by atoms with Gasteiger partial charge >= 0.3 is 5.97 Å². The SMILES string of the molecule is C=CC1=C(C(=O)O)N2C(=O)[C@@H](NC(=O)[C@H](C)N)[C@H]2SC1. The van der Waals surface area contributed by atoms with E-state index in [-0.39, 0.29) is 5.70 Å². The first-order valence-corrected chi connectivity index (χ1v) is 7.03. The number of fused-ring (bicyclic) bond motifs is 1. The minimum atomic E-state index is -1.17. The molecule has 20 heavy (non-hydrogen) atoms. The van der Waals surface area contributed by atoms with Crippen molar-refractivity contribution in [1.29, 1.82) is 0 Å². The maximum Gasteiger partial charge on any atom is 0.352 e. The van der Waals surface area contributed by atoms with Crippen LogP contribution in [0.1, 0.15) is 6.92 Å². The maximum atomic E-state index is 12.1. The van der Waals surface area contributed by atoms with E-state index in [1.165, 1.54) is 29.7 Å². The highest BCUT2D eigenvalue weighted by atomic mass is 32.2. The Bertz CT molecular complexity index is 529. The molecule has 8 heteroatoms. The number of nitrogens with one attached hydrogen (secondary N) is 1. The molecule has 2 rings (SSSR count). The molecule has 108 valence electrons. The first-order valence-electron chi connectivity index (χ1n) is 5.98. The van der Waals surface area contributed by atoms with E-state index in [9.17, 15) is 19.5 Å². The van der Waals surface area contributed by atoms with E-state index in [1.807, 2.05) is 0 Å². The molecule has 2 aliphatic rings. The van der Waals surface area contributed by atoms with Crippen molar-refractivity contribution < 1.29 is 19.5 Å². The lowest BCUT2D eigenvalue weighted by Crippen LogP contribution is -2.71. The van der Waals surface area contributed by atoms with Crippen molar-refractivity contribution >= 4 is 29.5 Å². The van der Waals surface area contributed by atoms with Crippen LogP contribution in [-0.2, 0) is 14.4 Å². The molecule has 0 aromatic heterocycles. The number of β-lactam (4-membered cyclic amide) rings is 1. The van der Waals surface area contributed by atoms with E-state index in [1.54, 1.807) is 0 Å². The number of aliphatic carboxylic acids is 1. The lowest BCUT2D eigenvalue weighted by Gasteiger charge is -2.49. The van der Waals surface area contributed by atoms with Gasteiger partial charge in [0.1, 0.15) is 17.1 Å². The number of hydrogen-bond acceptors (Lipinski definition) is 5. The Morgan fingerprint density at radius 3 is 2.80 bits per heavy atom. The molecule has 1 saturated heterocycles. The maximum absolute atomic E-state index is 12.1. The third kappa shape index (κ3) is 2.20. The van der Waals surface area contributed by atoms with Crippen molar-refractivity contribution in [2.24, 2.45) is 5.73 Å². The van der Waals surface area contributed by atoms with Crippen LogP contribution in [0.3, 0.4) is 0 Å². The number of carbonyl (C=O) groups excluding carboxylic acids is 2. The fraction of sp³-hybridized carbons (Fsp3) is 0.417. The molecule has 0 spiro atoms. The first-order chi connectivity index (χ1) is 9.38. The highest BCUT2D eigenvalue weighted by Gasteiger charge is 2.53. The van der Waals surface area contributed by atoms with E-state index in [2.05, 4.69) is 11.9 Å². The molecule has 2 amide bonds. The van der Waals surface area contributed by atoms with Gasteiger partial charge in [0.05, 0.1) is 6.04 Å². The molecule has 0 saturated carbocycles. The van der Waals surface area contributed by atoms with Crippen molar-refractivity contribution in [2.45, 2.75) is 24.4 Å². The summed E-state index contributed by atoms with van der Waals surface area (Å²) in [6, 6.07) is -1.44. The molecule has 0 aliphatic carbocycles. The minimum absolute atomic E-state index is 0.0555. The number of hydrogen-bond donors (Lipinski definition) is 3. The van der Waals surface area contributed by atoms with Crippen LogP contribution in [0.5, 0.6) is 0 Å². The van der Waals surface area contributed by atoms with Crippen LogP contribution in [0.4, 0.5) is 0 Å². The second-order valence-corrected chi connectivity index (χ2v) is 5.67. The standard InChI is InChI=1S/C12H15N3O4S/c1-3-6-4-20-11-7(14-9(16)5(2)13)10(17)15(11)8(6)12(18)19/h3,5,7,11H,1,4,13H2,2H3,(H,14,16)(H,18,19)/t5-,7+,11+/m0/s1. The van der Waals surface area contributed by atoms with Crippen molar-refractivity contribution in [2.75, 3.05) is 5.75 Å². The summed E-state index contributed by atoms with van der Waals surface area (Å²) in [6.07, 6.45) is 1.44. The van der Waals surface area contributed by atoms with Gasteiger partial charge < -0.3 is 16.2 Å². The highest BCUT2D eigenvalue weighted by molar-refractivity contribution is 8.00. The third-order valence-corrected chi connectivity index (χ3v) is 4.46. The molecule has 3 atom stereocenters. The molecule has 0 unspecified atom stereocenters. The van der Waals surface area contributed by atoms with Crippen LogP contribution < -0.4 is 11.1 Å². The Morgan fingerprint density at radius 2 is 2.30 bits per heavy atom. The Kier molecular flexibility index (Phi) is 3.87. The van der Waals surface area contributed by atoms with E-state index in [4.69, 9.17) is 5.73 Å². The molecular formula is C12H15N3O4S. The quantitative estimate of drug-likeness (QED) is 0.589. The van der Waals surface area contributed by atoms with Crippen molar-refractivity contribution in [3.8, 4) is 0 Å². The number of nitrogens with two attached hydrogens (primary N) is 1. The fourth-order valence-electron chi connectivity index (χ4n) is 2.08. The number of thioether (sulfide) groups is 1. The number of carbonyl (C=O) groups is 3. The second-order valence-electron chi connectivity index (χ2n) is 4.57. The van der Waals surface area contributed by atoms with Gasteiger partial charge in [-0.2, -0.15) is 0 Å². The average Bonchev–Trinajstić information content (AvgIpc) is 2.42. The van der Waals surface area contributed by atoms with E-state index in [0.717, 1.165) is 0 Å². The zero-order chi connectivity index (χ0) is 15.0. The summed E-state index contributed by atoms with van der Waals surface area (Å²) in [4.78, 5) is 36.1. The highest BCUT2D eigenvalue weighted by Crippen LogP contribution is 2.40. The minimum Gasteiger partial charge on any atom is -0.477 e. The largest absolute Gasteiger partial charge is 0.477 e. The Morgan fingerprint density at radius 1 is 1.65 bits per heavy atom. The fourth-order valence-corrected chi connectivity index (χ4v) is 3.42. The monoisotopic (exact) mass is 297 g/mol. The summed E-state index contributed by atoms with van der Waals surface area (Å²) in [5, 5.41) is 11.4. The predicted molar refractivity (Wildman–Crippen MR) is 73.5 cm³/mol. The van der Waals surface area contributed by atoms with Gasteiger partial charge in [-0.1, -0.05) is 12.7 Å². The summed E-state index contributed by atoms with van der Waals surface area (Å²) < 4.78 is 0. The van der Waals surface area contributed by atoms with Crippen molar-refractivity contribution in [3.05, 3.63) is 23.9 Å². The molecular weight excluding hydrogens is 282 g/mol. The predicted octanol–water partition coefficient (Wildman–Crippen LogP) is -0.742. The van der Waals surface area contributed by atoms with Gasteiger partial charge in [0.15, 0.2) is 0 Å². The Labute approximate surface area is 119 Å². The zero-order valence-electron chi connectivity index (χ0n) is 10.8. The number of nitrogens with zero attached hydrogens (tertiary/aromatic N) is 1. The van der Waals surface area contributed by atoms with Crippen molar-refractivity contribution in [3.63, 3.8) is 0 Å². The van der Waals surface area contributed by atoms with Crippen LogP contribution in [0.15, 0.2) is 23.9 Å². The van der Waals surface area contributed by atoms with E-state index < -0.39 is 35.2 Å². The Hall–Kier alpha value is -1.80. The lowest BCUT2D eigenvalue weighted by molar-refractivity contribution is -0.150. The van der Waals surface area contributed by atoms with Gasteiger partial charge in [0.25, 0.3) is 5.91 Å². The number of carboxylic acids is 1. The molecule has 2 heterocycles. The Balaban J connectivity index is 2.21. The summed E-state index contributed by atoms with van der Waals surface area (Å²) in [6.45, 7) is 5.07. The van der Waals surface area contributed by atoms with Gasteiger partial charge in [-0.15, -0.1) is 11.8 Å². The van der Waals surface area contributed by atoms with Crippen LogP contribution in [0.2, 0.25) is 0 Å². The summed E-state index contributed by atoms with van der Waals surface area (Å²) >= 11 is 1.39. The van der Waals surface area contributed by atoms with Crippen LogP contribution in [0, 0.1) is 0 Å². The molecule has 0 aromatic rings. The van der Waals surface area contributed by atoms with Crippen LogP contribution in [-0.4, -0.2) is 51.0 Å². The number of rotatable bonds is 4. The lowest BCUT2D eigenvalue weighted by atomic mass is 10.0. The molecule has 7 nitrogen and oxygen atoms in total. The van der Waals surface area contributed by atoms with Gasteiger partial charge in [-0.05, 0) is 12.5 Å². The molecule has 4 N–H and O–H groups in total. The summed E-state index contributed by atoms with van der Waals surface area (Å²) in [5.74, 6) is -1.60. The van der Waals surface area contributed by atoms with Gasteiger partial charge in [-0.25, -0.2) is 4.79 Å². The number of amides is 2. The molecule has 1 fully saturated rings. The number of allylic oxidation sites excluding steroid dienone is 1. The van der Waals surface area contributed by atoms with Crippen molar-refractivity contribution in [1.82, 2.24) is 10.2 Å². The molecule has 0 aromatic carbocycles. The van der Waals surface area contributed by atoms with E-state index in [0.29, 0.717) is 11.3 Å². The van der Waals surface area contributed by atoms with Crippen LogP contribution >= 0.6 is 11.8 Å². The van der Waals surface area contributed by atoms with E-state index >= 15 is 0 Å². The molecule has 0 bridgehead atoms. The molecule has 2 aliphatic heterocycles. The second kappa shape index (κ2) is 5.29. The van der Waals surface area contributed by atoms with Gasteiger partial charge in [-0.3, -0.25) is 14.5 Å². The topological polar surface area (TPSA) is 113 Å². The first kappa shape index (κ1) is 14.6.